The van der Waals surface area contributed by atoms with E-state index >= 15 is 0 Å². The van der Waals surface area contributed by atoms with E-state index in [2.05, 4.69) is 5.32 Å². The molecule has 0 spiro atoms. The molecule has 1 unspecified atom stereocenters. The Hall–Kier alpha value is -2.98. The maximum atomic E-state index is 13.3. The molecule has 1 saturated heterocycles. The molecule has 8 nitrogen and oxygen atoms in total. The molecule has 2 aliphatic rings. The molecule has 2 amide bonds. The number of carbonyl (C=O) groups excluding carboxylic acids is 2. The third-order valence-electron chi connectivity index (χ3n) is 5.61. The third-order valence-corrected chi connectivity index (χ3v) is 7.51. The van der Waals surface area contributed by atoms with Gasteiger partial charge in [-0.05, 0) is 42.3 Å². The largest absolute Gasteiger partial charge is 0.478 e. The maximum absolute atomic E-state index is 13.3. The molecule has 1 fully saturated rings. The molecule has 2 aromatic carbocycles. The first-order chi connectivity index (χ1) is 15.3. The lowest BCUT2D eigenvalue weighted by Gasteiger charge is -2.34. The molecule has 2 aromatic rings. The van der Waals surface area contributed by atoms with Gasteiger partial charge in [-0.25, -0.2) is 12.8 Å². The summed E-state index contributed by atoms with van der Waals surface area (Å²) in [4.78, 5) is 26.2. The van der Waals surface area contributed by atoms with E-state index in [1.165, 1.54) is 28.6 Å². The first kappa shape index (κ1) is 22.2. The summed E-state index contributed by atoms with van der Waals surface area (Å²) in [6.07, 6.45) is -0.0237. The number of halogens is 1. The van der Waals surface area contributed by atoms with Crippen LogP contribution in [0.1, 0.15) is 18.9 Å². The van der Waals surface area contributed by atoms with Gasteiger partial charge in [-0.2, -0.15) is 4.31 Å². The molecule has 1 atom stereocenters. The van der Waals surface area contributed by atoms with Crippen molar-refractivity contribution < 1.29 is 27.1 Å². The monoisotopic (exact) mass is 461 g/mol. The molecule has 170 valence electrons. The minimum atomic E-state index is -3.81. The van der Waals surface area contributed by atoms with Crippen molar-refractivity contribution >= 4 is 27.5 Å². The number of anilines is 1. The number of ether oxygens (including phenoxy) is 1. The van der Waals surface area contributed by atoms with Gasteiger partial charge < -0.3 is 15.0 Å². The zero-order valence-corrected chi connectivity index (χ0v) is 18.4. The summed E-state index contributed by atoms with van der Waals surface area (Å²) in [6, 6.07) is 10.3. The molecule has 0 radical (unpaired) electrons. The quantitative estimate of drug-likeness (QED) is 0.735. The average Bonchev–Trinajstić information content (AvgIpc) is 2.78. The molecule has 0 bridgehead atoms. The molecular weight excluding hydrogens is 437 g/mol. The molecule has 32 heavy (non-hydrogen) atoms. The highest BCUT2D eigenvalue weighted by atomic mass is 32.2. The van der Waals surface area contributed by atoms with E-state index in [0.717, 1.165) is 0 Å². The number of nitrogens with zero attached hydrogens (tertiary/aromatic N) is 2. The van der Waals surface area contributed by atoms with Crippen LogP contribution >= 0.6 is 0 Å². The maximum Gasteiger partial charge on any atom is 0.265 e. The molecular formula is C22H24FN3O5S. The van der Waals surface area contributed by atoms with Crippen LogP contribution in [0.2, 0.25) is 0 Å². The fraction of sp³-hybridized carbons (Fsp3) is 0.364. The first-order valence-corrected chi connectivity index (χ1v) is 11.9. The summed E-state index contributed by atoms with van der Waals surface area (Å²) in [5.41, 5.74) is 0.901. The second-order valence-electron chi connectivity index (χ2n) is 7.75. The Labute approximate surface area is 186 Å². The standard InChI is InChI=1S/C22H24FN3O5S/c1-2-19-22(28)24-18-14-17(6-7-20(18)31-19)32(29,30)26-10-8-25(9-11-26)21(27)13-15-4-3-5-16(23)12-15/h3-7,12,14,19H,2,8-11,13H2,1H3,(H,24,28). The molecule has 10 heteroatoms. The van der Waals surface area contributed by atoms with Gasteiger partial charge in [-0.3, -0.25) is 9.59 Å². The Bertz CT molecular complexity index is 1150. The van der Waals surface area contributed by atoms with Crippen molar-refractivity contribution in [3.05, 3.63) is 53.8 Å². The normalized spacial score (nSPS) is 19.1. The number of rotatable bonds is 5. The lowest BCUT2D eigenvalue weighted by atomic mass is 10.1. The van der Waals surface area contributed by atoms with Gasteiger partial charge in [0.25, 0.3) is 5.91 Å². The summed E-state index contributed by atoms with van der Waals surface area (Å²) < 4.78 is 46.5. The first-order valence-electron chi connectivity index (χ1n) is 10.4. The smallest absolute Gasteiger partial charge is 0.265 e. The van der Waals surface area contributed by atoms with Gasteiger partial charge in [0.2, 0.25) is 15.9 Å². The van der Waals surface area contributed by atoms with Gasteiger partial charge in [-0.1, -0.05) is 19.1 Å². The Morgan fingerprint density at radius 1 is 1.16 bits per heavy atom. The molecule has 0 saturated carbocycles. The SMILES string of the molecule is CCC1Oc2ccc(S(=O)(=O)N3CCN(C(=O)Cc4cccc(F)c4)CC3)cc2NC1=O. The Kier molecular flexibility index (Phi) is 6.16. The average molecular weight is 462 g/mol. The van der Waals surface area contributed by atoms with Crippen LogP contribution in [0.4, 0.5) is 10.1 Å². The van der Waals surface area contributed by atoms with Crippen LogP contribution in [-0.4, -0.2) is 61.7 Å². The van der Waals surface area contributed by atoms with Gasteiger partial charge in [-0.15, -0.1) is 0 Å². The van der Waals surface area contributed by atoms with Gasteiger partial charge >= 0.3 is 0 Å². The van der Waals surface area contributed by atoms with Gasteiger partial charge in [0, 0.05) is 26.2 Å². The zero-order valence-electron chi connectivity index (χ0n) is 17.6. The zero-order chi connectivity index (χ0) is 22.9. The van der Waals surface area contributed by atoms with Crippen LogP contribution in [0.5, 0.6) is 5.75 Å². The molecule has 2 aliphatic heterocycles. The van der Waals surface area contributed by atoms with Crippen molar-refractivity contribution in [1.82, 2.24) is 9.21 Å². The number of piperazine rings is 1. The predicted octanol–water partition coefficient (Wildman–Crippen LogP) is 2.01. The van der Waals surface area contributed by atoms with Crippen LogP contribution < -0.4 is 10.1 Å². The van der Waals surface area contributed by atoms with Gasteiger partial charge in [0.1, 0.15) is 11.6 Å². The molecule has 1 N–H and O–H groups in total. The van der Waals surface area contributed by atoms with Crippen molar-refractivity contribution in [2.75, 3.05) is 31.5 Å². The van der Waals surface area contributed by atoms with E-state index in [-0.39, 0.29) is 49.3 Å². The van der Waals surface area contributed by atoms with Crippen LogP contribution in [0.25, 0.3) is 0 Å². The summed E-state index contributed by atoms with van der Waals surface area (Å²) in [7, 11) is -3.81. The highest BCUT2D eigenvalue weighted by Crippen LogP contribution is 2.33. The van der Waals surface area contributed by atoms with E-state index in [0.29, 0.717) is 23.4 Å². The number of nitrogens with one attached hydrogen (secondary N) is 1. The Balaban J connectivity index is 1.41. The van der Waals surface area contributed by atoms with E-state index in [9.17, 15) is 22.4 Å². The van der Waals surface area contributed by atoms with E-state index < -0.39 is 21.9 Å². The number of hydrogen-bond donors (Lipinski definition) is 1. The van der Waals surface area contributed by atoms with E-state index in [1.54, 1.807) is 23.1 Å². The highest BCUT2D eigenvalue weighted by molar-refractivity contribution is 7.89. The minimum Gasteiger partial charge on any atom is -0.478 e. The Morgan fingerprint density at radius 2 is 1.91 bits per heavy atom. The molecule has 0 aliphatic carbocycles. The van der Waals surface area contributed by atoms with Crippen LogP contribution in [-0.2, 0) is 26.0 Å². The number of carbonyl (C=O) groups is 2. The predicted molar refractivity (Wildman–Crippen MR) is 115 cm³/mol. The van der Waals surface area contributed by atoms with Crippen molar-refractivity contribution in [3.8, 4) is 5.75 Å². The Morgan fingerprint density at radius 3 is 2.59 bits per heavy atom. The summed E-state index contributed by atoms with van der Waals surface area (Å²) in [5, 5.41) is 2.70. The molecule has 4 rings (SSSR count). The van der Waals surface area contributed by atoms with Crippen LogP contribution in [0, 0.1) is 5.82 Å². The number of amides is 2. The van der Waals surface area contributed by atoms with E-state index in [4.69, 9.17) is 4.74 Å². The fourth-order valence-corrected chi connectivity index (χ4v) is 5.27. The summed E-state index contributed by atoms with van der Waals surface area (Å²) >= 11 is 0. The van der Waals surface area contributed by atoms with Crippen LogP contribution in [0.15, 0.2) is 47.4 Å². The number of sulfonamides is 1. The van der Waals surface area contributed by atoms with Gasteiger partial charge in [0.15, 0.2) is 6.10 Å². The van der Waals surface area contributed by atoms with Crippen molar-refractivity contribution in [1.29, 1.82) is 0 Å². The summed E-state index contributed by atoms with van der Waals surface area (Å²) in [5.74, 6) is -0.446. The number of hydrogen-bond acceptors (Lipinski definition) is 5. The van der Waals surface area contributed by atoms with Crippen LogP contribution in [0.3, 0.4) is 0 Å². The topological polar surface area (TPSA) is 96.0 Å². The highest BCUT2D eigenvalue weighted by Gasteiger charge is 2.32. The van der Waals surface area contributed by atoms with Crippen molar-refractivity contribution in [3.63, 3.8) is 0 Å². The number of benzene rings is 2. The van der Waals surface area contributed by atoms with Crippen molar-refractivity contribution in [2.24, 2.45) is 0 Å². The summed E-state index contributed by atoms with van der Waals surface area (Å²) in [6.45, 7) is 2.62. The third kappa shape index (κ3) is 4.46. The fourth-order valence-electron chi connectivity index (χ4n) is 3.82. The van der Waals surface area contributed by atoms with Crippen molar-refractivity contribution in [2.45, 2.75) is 30.8 Å². The molecule has 2 heterocycles. The van der Waals surface area contributed by atoms with Gasteiger partial charge in [0.05, 0.1) is 17.0 Å². The number of fused-ring (bicyclic) bond motifs is 1. The van der Waals surface area contributed by atoms with E-state index in [1.807, 2.05) is 6.92 Å². The minimum absolute atomic E-state index is 0.0506. The second-order valence-corrected chi connectivity index (χ2v) is 9.69. The lowest BCUT2D eigenvalue weighted by molar-refractivity contribution is -0.131. The second kappa shape index (κ2) is 8.87. The lowest BCUT2D eigenvalue weighted by Crippen LogP contribution is -2.50. The molecule has 0 aromatic heterocycles.